The summed E-state index contributed by atoms with van der Waals surface area (Å²) in [6.45, 7) is 1.11. The van der Waals surface area contributed by atoms with E-state index in [4.69, 9.17) is 0 Å². The fourth-order valence-corrected chi connectivity index (χ4v) is 2.58. The van der Waals surface area contributed by atoms with Crippen molar-refractivity contribution >= 4 is 22.1 Å². The van der Waals surface area contributed by atoms with Crippen LogP contribution in [0.3, 0.4) is 0 Å². The molecule has 0 fully saturated rings. The largest absolute Gasteiger partial charge is 0.506 e. The van der Waals surface area contributed by atoms with Gasteiger partial charge in [-0.25, -0.2) is 0 Å². The molecule has 0 saturated heterocycles. The van der Waals surface area contributed by atoms with Crippen molar-refractivity contribution in [2.45, 2.75) is 6.42 Å². The molecule has 0 amide bonds. The van der Waals surface area contributed by atoms with Crippen molar-refractivity contribution < 1.29 is 5.11 Å². The summed E-state index contributed by atoms with van der Waals surface area (Å²) < 4.78 is 0. The van der Waals surface area contributed by atoms with Crippen molar-refractivity contribution in [2.24, 2.45) is 5.18 Å². The Morgan fingerprint density at radius 3 is 2.55 bits per heavy atom. The number of fused-ring (bicyclic) bond motifs is 2. The number of aromatic hydroxyl groups is 1. The van der Waals surface area contributed by atoms with Crippen molar-refractivity contribution in [2.75, 3.05) is 11.9 Å². The topological polar surface area (TPSA) is 61.7 Å². The van der Waals surface area contributed by atoms with Crippen molar-refractivity contribution in [3.05, 3.63) is 71.1 Å². The Morgan fingerprint density at radius 2 is 1.73 bits per heavy atom. The van der Waals surface area contributed by atoms with Crippen LogP contribution in [0.4, 0.5) is 11.4 Å². The molecule has 1 heterocycles. The summed E-state index contributed by atoms with van der Waals surface area (Å²) >= 11 is 0. The van der Waals surface area contributed by atoms with Crippen LogP contribution in [-0.2, 0) is 6.42 Å². The number of benzene rings is 3. The molecule has 0 bridgehead atoms. The Balaban J connectivity index is 0.000000139. The summed E-state index contributed by atoms with van der Waals surface area (Å²) in [7, 11) is 0. The van der Waals surface area contributed by atoms with Gasteiger partial charge in [0.05, 0.1) is 0 Å². The van der Waals surface area contributed by atoms with E-state index < -0.39 is 0 Å². The lowest BCUT2D eigenvalue weighted by molar-refractivity contribution is 0.477. The average Bonchev–Trinajstić information content (AvgIpc) is 3.04. The molecule has 22 heavy (non-hydrogen) atoms. The van der Waals surface area contributed by atoms with Gasteiger partial charge in [0.25, 0.3) is 0 Å². The van der Waals surface area contributed by atoms with Crippen LogP contribution in [0, 0.1) is 4.91 Å². The molecule has 0 aliphatic carbocycles. The number of nitroso groups, excluding NO2 is 1. The summed E-state index contributed by atoms with van der Waals surface area (Å²) in [6, 6.07) is 19.0. The molecular formula is C18H16N2O2. The minimum atomic E-state index is -0.0753. The maximum Gasteiger partial charge on any atom is 0.157 e. The smallest absolute Gasteiger partial charge is 0.157 e. The van der Waals surface area contributed by atoms with Crippen molar-refractivity contribution in [3.63, 3.8) is 0 Å². The third-order valence-electron chi connectivity index (χ3n) is 3.70. The Hall–Kier alpha value is -2.88. The van der Waals surface area contributed by atoms with Gasteiger partial charge in [0.1, 0.15) is 5.75 Å². The molecule has 1 aliphatic rings. The maximum atomic E-state index is 10.4. The standard InChI is InChI=1S/C10H7NO2.C8H9N/c12-9-6-5-7-3-1-2-4-8(7)10(9)11-13;1-2-4-8-7(3-1)5-6-9-8/h1-6,12H;1-4,9H,5-6H2. The van der Waals surface area contributed by atoms with E-state index in [1.165, 1.54) is 23.7 Å². The monoisotopic (exact) mass is 292 g/mol. The van der Waals surface area contributed by atoms with Gasteiger partial charge in [-0.05, 0) is 34.7 Å². The minimum Gasteiger partial charge on any atom is -0.506 e. The molecule has 110 valence electrons. The molecule has 0 saturated carbocycles. The van der Waals surface area contributed by atoms with Crippen molar-refractivity contribution in [1.82, 2.24) is 0 Å². The summed E-state index contributed by atoms with van der Waals surface area (Å²) in [5.41, 5.74) is 2.88. The molecule has 0 aromatic heterocycles. The Kier molecular flexibility index (Phi) is 4.01. The summed E-state index contributed by atoms with van der Waals surface area (Å²) in [5.74, 6) is -0.0753. The summed E-state index contributed by atoms with van der Waals surface area (Å²) in [6.07, 6.45) is 1.19. The average molecular weight is 292 g/mol. The van der Waals surface area contributed by atoms with Crippen LogP contribution in [0.2, 0.25) is 0 Å². The van der Waals surface area contributed by atoms with Crippen LogP contribution in [0.15, 0.2) is 65.8 Å². The first-order chi connectivity index (χ1) is 10.8. The van der Waals surface area contributed by atoms with Crippen LogP contribution < -0.4 is 5.32 Å². The van der Waals surface area contributed by atoms with E-state index in [-0.39, 0.29) is 11.4 Å². The lowest BCUT2D eigenvalue weighted by atomic mass is 10.1. The molecule has 3 aromatic carbocycles. The van der Waals surface area contributed by atoms with E-state index >= 15 is 0 Å². The molecular weight excluding hydrogens is 276 g/mol. The molecule has 4 rings (SSSR count). The molecule has 0 radical (unpaired) electrons. The van der Waals surface area contributed by atoms with E-state index in [0.29, 0.717) is 5.39 Å². The van der Waals surface area contributed by atoms with Gasteiger partial charge < -0.3 is 10.4 Å². The Morgan fingerprint density at radius 1 is 0.955 bits per heavy atom. The third kappa shape index (κ3) is 2.76. The first kappa shape index (κ1) is 14.1. The van der Waals surface area contributed by atoms with Gasteiger partial charge in [-0.3, -0.25) is 0 Å². The van der Waals surface area contributed by atoms with E-state index in [1.807, 2.05) is 12.1 Å². The van der Waals surface area contributed by atoms with Gasteiger partial charge in [0, 0.05) is 17.6 Å². The van der Waals surface area contributed by atoms with Gasteiger partial charge in [-0.2, -0.15) is 0 Å². The molecule has 4 nitrogen and oxygen atoms in total. The molecule has 2 N–H and O–H groups in total. The Bertz CT molecular complexity index is 792. The van der Waals surface area contributed by atoms with E-state index in [0.717, 1.165) is 11.9 Å². The van der Waals surface area contributed by atoms with Crippen LogP contribution in [0.25, 0.3) is 10.8 Å². The van der Waals surface area contributed by atoms with Crippen LogP contribution >= 0.6 is 0 Å². The minimum absolute atomic E-state index is 0.0753. The normalized spacial score (nSPS) is 12.0. The second-order valence-electron chi connectivity index (χ2n) is 5.08. The lowest BCUT2D eigenvalue weighted by Crippen LogP contribution is -1.90. The summed E-state index contributed by atoms with van der Waals surface area (Å²) in [5, 5.41) is 17.0. The number of rotatable bonds is 1. The second kappa shape index (κ2) is 6.26. The predicted molar refractivity (Wildman–Crippen MR) is 89.7 cm³/mol. The number of phenols is 1. The number of hydrogen-bond donors (Lipinski definition) is 2. The maximum absolute atomic E-state index is 10.4. The molecule has 1 aliphatic heterocycles. The zero-order valence-electron chi connectivity index (χ0n) is 12.0. The number of anilines is 1. The van der Waals surface area contributed by atoms with E-state index in [2.05, 4.69) is 34.8 Å². The highest BCUT2D eigenvalue weighted by molar-refractivity contribution is 5.95. The van der Waals surface area contributed by atoms with Gasteiger partial charge in [-0.1, -0.05) is 48.5 Å². The fraction of sp³-hybridized carbons (Fsp3) is 0.111. The SMILES string of the molecule is O=Nc1c(O)ccc2ccccc12.c1ccc2c(c1)CCN2. The highest BCUT2D eigenvalue weighted by Crippen LogP contribution is 2.34. The van der Waals surface area contributed by atoms with E-state index in [9.17, 15) is 10.0 Å². The van der Waals surface area contributed by atoms with Gasteiger partial charge in [0.15, 0.2) is 5.69 Å². The zero-order chi connectivity index (χ0) is 15.4. The Labute approximate surface area is 128 Å². The van der Waals surface area contributed by atoms with Crippen LogP contribution in [0.5, 0.6) is 5.75 Å². The highest BCUT2D eigenvalue weighted by Gasteiger charge is 2.06. The number of para-hydroxylation sites is 1. The number of nitrogens with zero attached hydrogens (tertiary/aromatic N) is 1. The van der Waals surface area contributed by atoms with Gasteiger partial charge in [-0.15, -0.1) is 4.91 Å². The van der Waals surface area contributed by atoms with Crippen molar-refractivity contribution in [1.29, 1.82) is 0 Å². The van der Waals surface area contributed by atoms with Crippen molar-refractivity contribution in [3.8, 4) is 5.75 Å². The zero-order valence-corrected chi connectivity index (χ0v) is 12.0. The van der Waals surface area contributed by atoms with Gasteiger partial charge in [0.2, 0.25) is 0 Å². The summed E-state index contributed by atoms with van der Waals surface area (Å²) in [4.78, 5) is 10.4. The number of hydrogen-bond acceptors (Lipinski definition) is 4. The molecule has 0 unspecified atom stereocenters. The number of nitrogens with one attached hydrogen (secondary N) is 1. The predicted octanol–water partition coefficient (Wildman–Crippen LogP) is 4.60. The second-order valence-corrected chi connectivity index (χ2v) is 5.08. The molecule has 0 atom stereocenters. The molecule has 3 aromatic rings. The highest BCUT2D eigenvalue weighted by atomic mass is 16.3. The quantitative estimate of drug-likeness (QED) is 0.644. The first-order valence-corrected chi connectivity index (χ1v) is 7.15. The van der Waals surface area contributed by atoms with E-state index in [1.54, 1.807) is 18.2 Å². The molecule has 0 spiro atoms. The molecule has 4 heteroatoms. The first-order valence-electron chi connectivity index (χ1n) is 7.15. The van der Waals surface area contributed by atoms with Gasteiger partial charge >= 0.3 is 0 Å². The third-order valence-corrected chi connectivity index (χ3v) is 3.70. The fourth-order valence-electron chi connectivity index (χ4n) is 2.58. The van der Waals surface area contributed by atoms with Crippen LogP contribution in [0.1, 0.15) is 5.56 Å². The number of phenolic OH excluding ortho intramolecular Hbond substituents is 1. The van der Waals surface area contributed by atoms with Crippen LogP contribution in [-0.4, -0.2) is 11.7 Å². The lowest BCUT2D eigenvalue weighted by Gasteiger charge is -2.00.